The Morgan fingerprint density at radius 1 is 1.44 bits per heavy atom. The van der Waals surface area contributed by atoms with E-state index in [0.717, 1.165) is 10.9 Å². The van der Waals surface area contributed by atoms with Crippen LogP contribution in [0.1, 0.15) is 10.5 Å². The van der Waals surface area contributed by atoms with Gasteiger partial charge in [-0.2, -0.15) is 0 Å². The van der Waals surface area contributed by atoms with Gasteiger partial charge in [-0.05, 0) is 12.1 Å². The van der Waals surface area contributed by atoms with Gasteiger partial charge in [-0.1, -0.05) is 12.1 Å². The van der Waals surface area contributed by atoms with Gasteiger partial charge in [-0.15, -0.1) is 11.6 Å². The molecule has 2 aromatic rings. The lowest BCUT2D eigenvalue weighted by Crippen LogP contribution is -2.04. The van der Waals surface area contributed by atoms with Crippen LogP contribution in [0.5, 0.6) is 5.75 Å². The zero-order valence-electron chi connectivity index (χ0n) is 8.74. The van der Waals surface area contributed by atoms with E-state index in [1.807, 2.05) is 24.3 Å². The van der Waals surface area contributed by atoms with E-state index < -0.39 is 0 Å². The highest BCUT2D eigenvalue weighted by Gasteiger charge is 2.10. The molecule has 82 valence electrons. The molecule has 1 heterocycles. The van der Waals surface area contributed by atoms with Gasteiger partial charge in [0, 0.05) is 11.5 Å². The predicted octanol–water partition coefficient (Wildman–Crippen LogP) is 2.66. The molecule has 0 amide bonds. The number of hydrogen-bond acceptors (Lipinski definition) is 3. The number of fused-ring (bicyclic) bond motifs is 1. The van der Waals surface area contributed by atoms with Crippen molar-refractivity contribution in [3.63, 3.8) is 0 Å². The Kier molecular flexibility index (Phi) is 3.06. The Labute approximate surface area is 98.0 Å². The van der Waals surface area contributed by atoms with Crippen LogP contribution < -0.4 is 4.74 Å². The van der Waals surface area contributed by atoms with Crippen LogP contribution in [0, 0.1) is 0 Å². The number of alkyl halides is 1. The highest BCUT2D eigenvalue weighted by molar-refractivity contribution is 6.30. The van der Waals surface area contributed by atoms with Crippen molar-refractivity contribution in [1.29, 1.82) is 0 Å². The summed E-state index contributed by atoms with van der Waals surface area (Å²) in [6.07, 6.45) is 0. The van der Waals surface area contributed by atoms with Gasteiger partial charge in [0.05, 0.1) is 18.5 Å². The second-order valence-corrected chi connectivity index (χ2v) is 3.55. The summed E-state index contributed by atoms with van der Waals surface area (Å²) in [5, 5.41) is 0.885. The van der Waals surface area contributed by atoms with E-state index in [1.165, 1.54) is 0 Å². The number of para-hydroxylation sites is 1. The van der Waals surface area contributed by atoms with Gasteiger partial charge in [0.15, 0.2) is 5.78 Å². The van der Waals surface area contributed by atoms with E-state index in [9.17, 15) is 4.79 Å². The lowest BCUT2D eigenvalue weighted by atomic mass is 10.1. The zero-order valence-corrected chi connectivity index (χ0v) is 9.49. The van der Waals surface area contributed by atoms with Crippen molar-refractivity contribution in [3.8, 4) is 5.75 Å². The fraction of sp³-hybridized carbons (Fsp3) is 0.167. The molecule has 0 fully saturated rings. The van der Waals surface area contributed by atoms with Gasteiger partial charge in [-0.3, -0.25) is 4.79 Å². The van der Waals surface area contributed by atoms with Gasteiger partial charge in [0.1, 0.15) is 11.4 Å². The molecule has 0 aliphatic heterocycles. The van der Waals surface area contributed by atoms with Gasteiger partial charge >= 0.3 is 0 Å². The van der Waals surface area contributed by atoms with Crippen molar-refractivity contribution in [1.82, 2.24) is 4.98 Å². The van der Waals surface area contributed by atoms with E-state index in [4.69, 9.17) is 16.3 Å². The van der Waals surface area contributed by atoms with Crippen LogP contribution in [0.2, 0.25) is 0 Å². The molecule has 1 aromatic heterocycles. The zero-order chi connectivity index (χ0) is 11.5. The van der Waals surface area contributed by atoms with E-state index in [0.29, 0.717) is 11.4 Å². The number of hydrogen-bond donors (Lipinski definition) is 0. The first-order valence-corrected chi connectivity index (χ1v) is 5.32. The second kappa shape index (κ2) is 4.49. The third-order valence-electron chi connectivity index (χ3n) is 2.31. The summed E-state index contributed by atoms with van der Waals surface area (Å²) >= 11 is 5.50. The lowest BCUT2D eigenvalue weighted by Gasteiger charge is -2.06. The summed E-state index contributed by atoms with van der Waals surface area (Å²) in [5.41, 5.74) is 1.07. The SMILES string of the molecule is COc1cc(C(=O)CCl)nc2ccccc12. The minimum Gasteiger partial charge on any atom is -0.496 e. The van der Waals surface area contributed by atoms with Crippen LogP contribution in [-0.2, 0) is 0 Å². The molecule has 0 bridgehead atoms. The molecule has 0 atom stereocenters. The van der Waals surface area contributed by atoms with E-state index in [1.54, 1.807) is 13.2 Å². The molecule has 4 heteroatoms. The standard InChI is InChI=1S/C12H10ClNO2/c1-16-12-6-10(11(15)7-13)14-9-5-3-2-4-8(9)12/h2-6H,7H2,1H3. The summed E-state index contributed by atoms with van der Waals surface area (Å²) in [6, 6.07) is 9.12. The Balaban J connectivity index is 2.68. The first-order chi connectivity index (χ1) is 7.76. The number of rotatable bonds is 3. The van der Waals surface area contributed by atoms with Crippen molar-refractivity contribution in [3.05, 3.63) is 36.0 Å². The van der Waals surface area contributed by atoms with Crippen molar-refractivity contribution < 1.29 is 9.53 Å². The Hall–Kier alpha value is -1.61. The molecule has 16 heavy (non-hydrogen) atoms. The number of halogens is 1. The molecule has 2 rings (SSSR count). The topological polar surface area (TPSA) is 39.2 Å². The van der Waals surface area contributed by atoms with Gasteiger partial charge in [0.2, 0.25) is 0 Å². The highest BCUT2D eigenvalue weighted by atomic mass is 35.5. The first-order valence-electron chi connectivity index (χ1n) is 4.79. The van der Waals surface area contributed by atoms with Crippen molar-refractivity contribution in [2.24, 2.45) is 0 Å². The fourth-order valence-corrected chi connectivity index (χ4v) is 1.66. The number of ether oxygens (including phenoxy) is 1. The molecule has 0 radical (unpaired) electrons. The number of carbonyl (C=O) groups excluding carboxylic acids is 1. The van der Waals surface area contributed by atoms with E-state index in [-0.39, 0.29) is 11.7 Å². The molecule has 0 aliphatic rings. The third kappa shape index (κ3) is 1.86. The van der Waals surface area contributed by atoms with Crippen LogP contribution in [0.4, 0.5) is 0 Å². The summed E-state index contributed by atoms with van der Waals surface area (Å²) in [6.45, 7) is 0. The normalized spacial score (nSPS) is 10.4. The molecular formula is C12H10ClNO2. The van der Waals surface area contributed by atoms with Crippen LogP contribution in [0.25, 0.3) is 10.9 Å². The number of aromatic nitrogens is 1. The van der Waals surface area contributed by atoms with Crippen LogP contribution in [-0.4, -0.2) is 23.8 Å². The number of ketones is 1. The van der Waals surface area contributed by atoms with Crippen molar-refractivity contribution >= 4 is 28.3 Å². The quantitative estimate of drug-likeness (QED) is 0.607. The molecule has 0 spiro atoms. The fourth-order valence-electron chi connectivity index (χ4n) is 1.52. The highest BCUT2D eigenvalue weighted by Crippen LogP contribution is 2.25. The number of benzene rings is 1. The molecule has 0 unspecified atom stereocenters. The van der Waals surface area contributed by atoms with Gasteiger partial charge in [-0.25, -0.2) is 4.98 Å². The number of methoxy groups -OCH3 is 1. The molecular weight excluding hydrogens is 226 g/mol. The maximum atomic E-state index is 11.5. The summed E-state index contributed by atoms with van der Waals surface area (Å²) in [4.78, 5) is 15.7. The third-order valence-corrected chi connectivity index (χ3v) is 2.55. The molecule has 3 nitrogen and oxygen atoms in total. The van der Waals surface area contributed by atoms with Crippen LogP contribution in [0.3, 0.4) is 0 Å². The summed E-state index contributed by atoms with van der Waals surface area (Å²) < 4.78 is 5.23. The Morgan fingerprint density at radius 2 is 2.19 bits per heavy atom. The maximum Gasteiger partial charge on any atom is 0.196 e. The van der Waals surface area contributed by atoms with E-state index >= 15 is 0 Å². The van der Waals surface area contributed by atoms with Gasteiger partial charge in [0.25, 0.3) is 0 Å². The molecule has 0 N–H and O–H groups in total. The molecule has 0 saturated carbocycles. The minimum absolute atomic E-state index is 0.0749. The number of carbonyl (C=O) groups is 1. The summed E-state index contributed by atoms with van der Waals surface area (Å²) in [5.74, 6) is 0.360. The Morgan fingerprint density at radius 3 is 2.88 bits per heavy atom. The summed E-state index contributed by atoms with van der Waals surface area (Å²) in [7, 11) is 1.57. The largest absolute Gasteiger partial charge is 0.496 e. The van der Waals surface area contributed by atoms with Crippen molar-refractivity contribution in [2.45, 2.75) is 0 Å². The van der Waals surface area contributed by atoms with Crippen LogP contribution >= 0.6 is 11.6 Å². The Bertz CT molecular complexity index is 540. The number of pyridine rings is 1. The smallest absolute Gasteiger partial charge is 0.196 e. The average molecular weight is 236 g/mol. The predicted molar refractivity (Wildman–Crippen MR) is 63.3 cm³/mol. The molecule has 0 aliphatic carbocycles. The average Bonchev–Trinajstić information content (AvgIpc) is 2.36. The first kappa shape index (κ1) is 10.9. The number of nitrogens with zero attached hydrogens (tertiary/aromatic N) is 1. The monoisotopic (exact) mass is 235 g/mol. The lowest BCUT2D eigenvalue weighted by molar-refractivity contribution is 0.101. The van der Waals surface area contributed by atoms with Gasteiger partial charge < -0.3 is 4.74 Å². The molecule has 0 saturated heterocycles. The second-order valence-electron chi connectivity index (χ2n) is 3.28. The minimum atomic E-state index is -0.203. The van der Waals surface area contributed by atoms with E-state index in [2.05, 4.69) is 4.98 Å². The maximum absolute atomic E-state index is 11.5. The number of Topliss-reactive ketones (excluding diaryl/α,β-unsaturated/α-hetero) is 1. The van der Waals surface area contributed by atoms with Crippen molar-refractivity contribution in [2.75, 3.05) is 13.0 Å². The molecule has 1 aromatic carbocycles. The van der Waals surface area contributed by atoms with Crippen LogP contribution in [0.15, 0.2) is 30.3 Å².